The predicted molar refractivity (Wildman–Crippen MR) is 74.0 cm³/mol. The zero-order valence-corrected chi connectivity index (χ0v) is 12.3. The van der Waals surface area contributed by atoms with Crippen LogP contribution < -0.4 is 5.32 Å². The van der Waals surface area contributed by atoms with Crippen molar-refractivity contribution in [2.75, 3.05) is 13.1 Å². The van der Waals surface area contributed by atoms with E-state index < -0.39 is 5.76 Å². The van der Waals surface area contributed by atoms with Crippen LogP contribution in [0.25, 0.3) is 0 Å². The first kappa shape index (κ1) is 15.3. The Labute approximate surface area is 120 Å². The van der Waals surface area contributed by atoms with Crippen molar-refractivity contribution in [2.24, 2.45) is 0 Å². The molecule has 20 heavy (non-hydrogen) atoms. The number of carbonyl (C=O) groups is 1. The van der Waals surface area contributed by atoms with Crippen LogP contribution in [0.2, 0.25) is 0 Å². The van der Waals surface area contributed by atoms with Gasteiger partial charge in [-0.1, -0.05) is 11.8 Å². The molecule has 0 aromatic carbocycles. The number of alkyl halides is 2. The molecule has 1 aromatic heterocycles. The molecule has 1 fully saturated rings. The molecule has 1 aliphatic rings. The van der Waals surface area contributed by atoms with Gasteiger partial charge in [-0.3, -0.25) is 4.79 Å². The minimum atomic E-state index is -2.44. The lowest BCUT2D eigenvalue weighted by atomic mass is 10.1. The summed E-state index contributed by atoms with van der Waals surface area (Å²) in [5.74, 6) is -1.94. The highest BCUT2D eigenvalue weighted by Crippen LogP contribution is 2.23. The van der Waals surface area contributed by atoms with Gasteiger partial charge in [-0.2, -0.15) is 8.78 Å². The zero-order chi connectivity index (χ0) is 14.7. The first-order valence-corrected chi connectivity index (χ1v) is 7.55. The Balaban J connectivity index is 2.05. The summed E-state index contributed by atoms with van der Waals surface area (Å²) in [6.07, 6.45) is 0. The van der Waals surface area contributed by atoms with Crippen LogP contribution in [0.1, 0.15) is 30.2 Å². The van der Waals surface area contributed by atoms with Crippen molar-refractivity contribution < 1.29 is 18.0 Å². The van der Waals surface area contributed by atoms with Crippen LogP contribution in [0.4, 0.5) is 8.78 Å². The van der Waals surface area contributed by atoms with Gasteiger partial charge in [0.2, 0.25) is 0 Å². The van der Waals surface area contributed by atoms with E-state index in [1.165, 1.54) is 0 Å². The van der Waals surface area contributed by atoms with Gasteiger partial charge >= 0.3 is 0 Å². The van der Waals surface area contributed by atoms with Crippen molar-refractivity contribution in [3.63, 3.8) is 0 Å². The number of amides is 1. The Morgan fingerprint density at radius 2 is 2.10 bits per heavy atom. The van der Waals surface area contributed by atoms with Crippen LogP contribution in [0.15, 0.2) is 16.5 Å². The third kappa shape index (κ3) is 3.52. The van der Waals surface area contributed by atoms with Crippen molar-refractivity contribution in [2.45, 2.75) is 37.4 Å². The van der Waals surface area contributed by atoms with Gasteiger partial charge in [0.1, 0.15) is 5.76 Å². The predicted octanol–water partition coefficient (Wildman–Crippen LogP) is 2.56. The molecule has 0 spiro atoms. The van der Waals surface area contributed by atoms with E-state index in [1.807, 2.05) is 13.8 Å². The molecule has 2 atom stereocenters. The lowest BCUT2D eigenvalue weighted by Gasteiger charge is -2.38. The minimum absolute atomic E-state index is 0.0671. The smallest absolute Gasteiger partial charge is 0.290 e. The second kappa shape index (κ2) is 6.58. The Morgan fingerprint density at radius 3 is 2.70 bits per heavy atom. The lowest BCUT2D eigenvalue weighted by molar-refractivity contribution is 0.0510. The summed E-state index contributed by atoms with van der Waals surface area (Å²) in [5, 5.41) is 3.25. The van der Waals surface area contributed by atoms with Crippen LogP contribution in [-0.2, 0) is 5.75 Å². The summed E-state index contributed by atoms with van der Waals surface area (Å²) in [6, 6.07) is 3.30. The van der Waals surface area contributed by atoms with Crippen LogP contribution >= 0.6 is 11.8 Å². The van der Waals surface area contributed by atoms with Gasteiger partial charge in [0, 0.05) is 25.2 Å². The molecule has 2 rings (SSSR count). The van der Waals surface area contributed by atoms with Crippen molar-refractivity contribution in [3.05, 3.63) is 23.7 Å². The fourth-order valence-corrected chi connectivity index (χ4v) is 2.82. The van der Waals surface area contributed by atoms with E-state index in [9.17, 15) is 13.6 Å². The second-order valence-corrected chi connectivity index (χ2v) is 5.88. The van der Waals surface area contributed by atoms with Gasteiger partial charge in [0.15, 0.2) is 5.76 Å². The Bertz CT molecular complexity index is 457. The van der Waals surface area contributed by atoms with Crippen LogP contribution in [0.3, 0.4) is 0 Å². The lowest BCUT2D eigenvalue weighted by Crippen LogP contribution is -2.57. The van der Waals surface area contributed by atoms with Gasteiger partial charge in [0.05, 0.1) is 5.75 Å². The SMILES string of the molecule is C[C@@H]1CNC[C@H](C)N1C(=O)c1ccc(CSC(F)F)o1. The van der Waals surface area contributed by atoms with Crippen LogP contribution in [-0.4, -0.2) is 41.7 Å². The fourth-order valence-electron chi connectivity index (χ4n) is 2.38. The maximum Gasteiger partial charge on any atom is 0.290 e. The topological polar surface area (TPSA) is 45.5 Å². The average Bonchev–Trinajstić information content (AvgIpc) is 2.84. The molecule has 1 amide bonds. The molecule has 7 heteroatoms. The summed E-state index contributed by atoms with van der Waals surface area (Å²) in [4.78, 5) is 14.2. The number of hydrogen-bond acceptors (Lipinski definition) is 4. The van der Waals surface area contributed by atoms with E-state index >= 15 is 0 Å². The molecule has 0 bridgehead atoms. The number of thioether (sulfide) groups is 1. The normalized spacial score (nSPS) is 23.4. The largest absolute Gasteiger partial charge is 0.455 e. The number of halogens is 2. The zero-order valence-electron chi connectivity index (χ0n) is 11.4. The van der Waals surface area contributed by atoms with Gasteiger partial charge in [-0.25, -0.2) is 0 Å². The van der Waals surface area contributed by atoms with E-state index in [0.717, 1.165) is 13.1 Å². The summed E-state index contributed by atoms with van der Waals surface area (Å²) in [7, 11) is 0. The average molecular weight is 304 g/mol. The maximum absolute atomic E-state index is 12.4. The number of rotatable bonds is 4. The number of carbonyl (C=O) groups excluding carboxylic acids is 1. The number of nitrogens with zero attached hydrogens (tertiary/aromatic N) is 1. The quantitative estimate of drug-likeness (QED) is 0.928. The molecule has 1 aromatic rings. The summed E-state index contributed by atoms with van der Waals surface area (Å²) in [5.41, 5.74) is 0. The van der Waals surface area contributed by atoms with E-state index in [2.05, 4.69) is 5.32 Å². The van der Waals surface area contributed by atoms with Crippen LogP contribution in [0, 0.1) is 0 Å². The fraction of sp³-hybridized carbons (Fsp3) is 0.615. The second-order valence-electron chi connectivity index (χ2n) is 4.91. The molecular formula is C13H18F2N2O2S. The Morgan fingerprint density at radius 1 is 1.45 bits per heavy atom. The number of hydrogen-bond donors (Lipinski definition) is 1. The monoisotopic (exact) mass is 304 g/mol. The third-order valence-corrected chi connectivity index (χ3v) is 3.99. The Hall–Kier alpha value is -1.08. The summed E-state index contributed by atoms with van der Waals surface area (Å²) >= 11 is 0.484. The molecular weight excluding hydrogens is 286 g/mol. The standard InChI is InChI=1S/C13H18F2N2O2S/c1-8-5-16-6-9(2)17(8)12(18)11-4-3-10(19-11)7-20-13(14)15/h3-4,8-9,13,16H,5-7H2,1-2H3/t8-,9+. The highest BCUT2D eigenvalue weighted by Gasteiger charge is 2.31. The van der Waals surface area contributed by atoms with Crippen molar-refractivity contribution in [1.29, 1.82) is 0 Å². The van der Waals surface area contributed by atoms with E-state index in [1.54, 1.807) is 17.0 Å². The van der Waals surface area contributed by atoms with Crippen molar-refractivity contribution in [1.82, 2.24) is 10.2 Å². The maximum atomic E-state index is 12.4. The molecule has 2 heterocycles. The summed E-state index contributed by atoms with van der Waals surface area (Å²) in [6.45, 7) is 5.42. The molecule has 1 N–H and O–H groups in total. The Kier molecular flexibility index (Phi) is 5.04. The first-order valence-electron chi connectivity index (χ1n) is 6.51. The first-order chi connectivity index (χ1) is 9.49. The van der Waals surface area contributed by atoms with Gasteiger partial charge in [0.25, 0.3) is 11.7 Å². The highest BCUT2D eigenvalue weighted by atomic mass is 32.2. The van der Waals surface area contributed by atoms with Gasteiger partial charge in [-0.15, -0.1) is 0 Å². The molecule has 0 radical (unpaired) electrons. The molecule has 4 nitrogen and oxygen atoms in total. The van der Waals surface area contributed by atoms with E-state index in [0.29, 0.717) is 17.5 Å². The van der Waals surface area contributed by atoms with E-state index in [4.69, 9.17) is 4.42 Å². The molecule has 1 aliphatic heterocycles. The van der Waals surface area contributed by atoms with Crippen molar-refractivity contribution in [3.8, 4) is 0 Å². The summed E-state index contributed by atoms with van der Waals surface area (Å²) < 4.78 is 29.6. The molecule has 0 unspecified atom stereocenters. The van der Waals surface area contributed by atoms with Crippen molar-refractivity contribution >= 4 is 17.7 Å². The number of nitrogens with one attached hydrogen (secondary N) is 1. The number of piperazine rings is 1. The highest BCUT2D eigenvalue weighted by molar-refractivity contribution is 7.98. The third-order valence-electron chi connectivity index (χ3n) is 3.29. The van der Waals surface area contributed by atoms with Gasteiger partial charge < -0.3 is 14.6 Å². The molecule has 0 aliphatic carbocycles. The number of furan rings is 1. The molecule has 1 saturated heterocycles. The molecule has 0 saturated carbocycles. The molecule has 112 valence electrons. The minimum Gasteiger partial charge on any atom is -0.455 e. The van der Waals surface area contributed by atoms with Gasteiger partial charge in [-0.05, 0) is 26.0 Å². The van der Waals surface area contributed by atoms with Crippen LogP contribution in [0.5, 0.6) is 0 Å². The van der Waals surface area contributed by atoms with E-state index in [-0.39, 0.29) is 29.5 Å².